The molecule has 2 heterocycles. The Bertz CT molecular complexity index is 790. The number of aromatic nitrogens is 1. The molecule has 1 amide bonds. The van der Waals surface area contributed by atoms with Crippen LogP contribution in [0.4, 0.5) is 0 Å². The number of benzene rings is 1. The zero-order chi connectivity index (χ0) is 16.7. The number of hydrogen-bond donors (Lipinski definition) is 2. The number of nitrogens with zero attached hydrogens (tertiary/aromatic N) is 1. The van der Waals surface area contributed by atoms with E-state index in [1.54, 1.807) is 0 Å². The summed E-state index contributed by atoms with van der Waals surface area (Å²) in [5, 5.41) is 3.95. The van der Waals surface area contributed by atoms with Gasteiger partial charge in [-0.05, 0) is 30.2 Å². The maximum Gasteiger partial charge on any atom is 0.251 e. The lowest BCUT2D eigenvalue weighted by molar-refractivity contribution is -0.163. The van der Waals surface area contributed by atoms with Crippen LogP contribution in [0.15, 0.2) is 18.2 Å². The lowest BCUT2D eigenvalue weighted by Crippen LogP contribution is -2.37. The summed E-state index contributed by atoms with van der Waals surface area (Å²) in [5.74, 6) is -0.558. The van der Waals surface area contributed by atoms with E-state index >= 15 is 0 Å². The molecule has 1 aromatic heterocycles. The average molecular weight is 329 g/mol. The van der Waals surface area contributed by atoms with Crippen LogP contribution in [0.5, 0.6) is 0 Å². The zero-order valence-corrected chi connectivity index (χ0v) is 13.9. The van der Waals surface area contributed by atoms with Gasteiger partial charge in [-0.3, -0.25) is 4.79 Å². The van der Waals surface area contributed by atoms with Crippen LogP contribution in [0.1, 0.15) is 28.0 Å². The topological polar surface area (TPSA) is 78.5 Å². The molecule has 0 radical (unpaired) electrons. The normalized spacial score (nSPS) is 18.9. The molecule has 2 aliphatic rings. The molecule has 0 saturated carbocycles. The molecule has 0 bridgehead atoms. The molecule has 1 aliphatic heterocycles. The number of carbonyl (C=O) groups is 1. The van der Waals surface area contributed by atoms with Gasteiger partial charge in [-0.1, -0.05) is 0 Å². The van der Waals surface area contributed by atoms with E-state index in [9.17, 15) is 4.79 Å². The fraction of sp³-hybridized carbons (Fsp3) is 0.500. The Morgan fingerprint density at radius 2 is 2.17 bits per heavy atom. The highest BCUT2D eigenvalue weighted by atomic mass is 16.7. The summed E-state index contributed by atoms with van der Waals surface area (Å²) in [7, 11) is 2.09. The molecule has 6 heteroatoms. The van der Waals surface area contributed by atoms with Crippen LogP contribution in [0, 0.1) is 0 Å². The van der Waals surface area contributed by atoms with Crippen LogP contribution in [-0.2, 0) is 29.4 Å². The van der Waals surface area contributed by atoms with Gasteiger partial charge < -0.3 is 25.1 Å². The van der Waals surface area contributed by atoms with Crippen molar-refractivity contribution in [3.8, 4) is 0 Å². The van der Waals surface area contributed by atoms with E-state index in [0.717, 1.165) is 30.2 Å². The first kappa shape index (κ1) is 15.6. The molecular formula is C18H23N3O3. The standard InChI is InChI=1S/C18H23N3O3/c1-21-15-3-2-12(17(22)20-7-6-19)10-13(15)14-11-18(5-4-16(14)21)23-8-9-24-18/h2-3,10H,4-9,11,19H2,1H3,(H,20,22). The van der Waals surface area contributed by atoms with Crippen LogP contribution >= 0.6 is 0 Å². The maximum absolute atomic E-state index is 12.2. The van der Waals surface area contributed by atoms with Gasteiger partial charge in [-0.2, -0.15) is 0 Å². The number of aryl methyl sites for hydroxylation is 1. The number of carbonyl (C=O) groups excluding carboxylic acids is 1. The van der Waals surface area contributed by atoms with E-state index in [4.69, 9.17) is 15.2 Å². The molecule has 1 saturated heterocycles. The van der Waals surface area contributed by atoms with Crippen LogP contribution < -0.4 is 11.1 Å². The van der Waals surface area contributed by atoms with Gasteiger partial charge in [0.1, 0.15) is 0 Å². The predicted molar refractivity (Wildman–Crippen MR) is 91.0 cm³/mol. The Morgan fingerprint density at radius 3 is 2.92 bits per heavy atom. The van der Waals surface area contributed by atoms with E-state index in [1.165, 1.54) is 11.3 Å². The smallest absolute Gasteiger partial charge is 0.251 e. The molecule has 3 N–H and O–H groups in total. The largest absolute Gasteiger partial charge is 0.351 e. The highest BCUT2D eigenvalue weighted by Crippen LogP contribution is 2.39. The SMILES string of the molecule is Cn1c2c(c3cc(C(=O)NCCN)ccc31)CC1(CC2)OCCO1. The number of hydrogen-bond acceptors (Lipinski definition) is 4. The number of nitrogens with two attached hydrogens (primary N) is 1. The van der Waals surface area contributed by atoms with Crippen molar-refractivity contribution in [1.82, 2.24) is 9.88 Å². The van der Waals surface area contributed by atoms with Gasteiger partial charge in [0, 0.05) is 55.1 Å². The molecule has 6 nitrogen and oxygen atoms in total. The molecule has 1 aliphatic carbocycles. The van der Waals surface area contributed by atoms with E-state index < -0.39 is 5.79 Å². The van der Waals surface area contributed by atoms with Gasteiger partial charge in [0.2, 0.25) is 0 Å². The van der Waals surface area contributed by atoms with Crippen molar-refractivity contribution in [2.45, 2.75) is 25.0 Å². The number of fused-ring (bicyclic) bond motifs is 3. The molecule has 1 spiro atoms. The number of ether oxygens (including phenoxy) is 2. The molecule has 2 aromatic rings. The van der Waals surface area contributed by atoms with Gasteiger partial charge in [0.15, 0.2) is 5.79 Å². The third-order valence-corrected chi connectivity index (χ3v) is 5.13. The first-order valence-electron chi connectivity index (χ1n) is 8.50. The van der Waals surface area contributed by atoms with Gasteiger partial charge in [-0.15, -0.1) is 0 Å². The molecule has 0 unspecified atom stereocenters. The summed E-state index contributed by atoms with van der Waals surface area (Å²) in [6.45, 7) is 2.24. The van der Waals surface area contributed by atoms with Gasteiger partial charge in [-0.25, -0.2) is 0 Å². The highest BCUT2D eigenvalue weighted by Gasteiger charge is 2.41. The van der Waals surface area contributed by atoms with Crippen molar-refractivity contribution in [1.29, 1.82) is 0 Å². The predicted octanol–water partition coefficient (Wildman–Crippen LogP) is 1.10. The molecule has 128 valence electrons. The number of nitrogens with one attached hydrogen (secondary N) is 1. The number of rotatable bonds is 3. The molecule has 1 aromatic carbocycles. The first-order valence-corrected chi connectivity index (χ1v) is 8.50. The fourth-order valence-corrected chi connectivity index (χ4v) is 3.93. The van der Waals surface area contributed by atoms with E-state index in [2.05, 4.69) is 16.9 Å². The minimum absolute atomic E-state index is 0.0844. The van der Waals surface area contributed by atoms with E-state index in [1.807, 2.05) is 18.2 Å². The zero-order valence-electron chi connectivity index (χ0n) is 13.9. The Morgan fingerprint density at radius 1 is 1.38 bits per heavy atom. The first-order chi connectivity index (χ1) is 11.6. The van der Waals surface area contributed by atoms with Gasteiger partial charge in [0.05, 0.1) is 13.2 Å². The highest BCUT2D eigenvalue weighted by molar-refractivity contribution is 5.99. The lowest BCUT2D eigenvalue weighted by atomic mass is 9.90. The van der Waals surface area contributed by atoms with Gasteiger partial charge in [0.25, 0.3) is 5.91 Å². The Kier molecular flexibility index (Phi) is 3.83. The molecular weight excluding hydrogens is 306 g/mol. The third-order valence-electron chi connectivity index (χ3n) is 5.13. The van der Waals surface area contributed by atoms with Crippen LogP contribution in [0.2, 0.25) is 0 Å². The van der Waals surface area contributed by atoms with Crippen molar-refractivity contribution >= 4 is 16.8 Å². The van der Waals surface area contributed by atoms with Crippen molar-refractivity contribution in [3.05, 3.63) is 35.0 Å². The summed E-state index contributed by atoms with van der Waals surface area (Å²) < 4.78 is 14.0. The summed E-state index contributed by atoms with van der Waals surface area (Å²) in [4.78, 5) is 12.2. The number of amides is 1. The summed E-state index contributed by atoms with van der Waals surface area (Å²) in [6, 6.07) is 5.88. The second-order valence-corrected chi connectivity index (χ2v) is 6.55. The quantitative estimate of drug-likeness (QED) is 0.884. The Balaban J connectivity index is 1.75. The maximum atomic E-state index is 12.2. The molecule has 4 rings (SSSR count). The Labute approximate surface area is 140 Å². The minimum Gasteiger partial charge on any atom is -0.351 e. The third kappa shape index (κ3) is 2.42. The molecule has 0 atom stereocenters. The summed E-state index contributed by atoms with van der Waals surface area (Å²) in [6.07, 6.45) is 2.55. The summed E-state index contributed by atoms with van der Waals surface area (Å²) >= 11 is 0. The van der Waals surface area contributed by atoms with Crippen molar-refractivity contribution in [2.75, 3.05) is 26.3 Å². The van der Waals surface area contributed by atoms with Gasteiger partial charge >= 0.3 is 0 Å². The van der Waals surface area contributed by atoms with Crippen LogP contribution in [0.25, 0.3) is 10.9 Å². The van der Waals surface area contributed by atoms with Crippen molar-refractivity contribution < 1.29 is 14.3 Å². The second-order valence-electron chi connectivity index (χ2n) is 6.55. The average Bonchev–Trinajstić information content (AvgIpc) is 3.16. The molecule has 24 heavy (non-hydrogen) atoms. The van der Waals surface area contributed by atoms with Crippen molar-refractivity contribution in [3.63, 3.8) is 0 Å². The van der Waals surface area contributed by atoms with E-state index in [-0.39, 0.29) is 5.91 Å². The second kappa shape index (κ2) is 5.88. The summed E-state index contributed by atoms with van der Waals surface area (Å²) in [5.41, 5.74) is 9.83. The van der Waals surface area contributed by atoms with Crippen molar-refractivity contribution in [2.24, 2.45) is 12.8 Å². The van der Waals surface area contributed by atoms with Crippen LogP contribution in [-0.4, -0.2) is 42.6 Å². The Hall–Kier alpha value is -1.89. The minimum atomic E-state index is -0.473. The monoisotopic (exact) mass is 329 g/mol. The molecule has 1 fully saturated rings. The fourth-order valence-electron chi connectivity index (χ4n) is 3.93. The van der Waals surface area contributed by atoms with Crippen LogP contribution in [0.3, 0.4) is 0 Å². The van der Waals surface area contributed by atoms with E-state index in [0.29, 0.717) is 31.9 Å². The lowest BCUT2D eigenvalue weighted by Gasteiger charge is -2.32.